The first-order chi connectivity index (χ1) is 9.56. The van der Waals surface area contributed by atoms with Crippen molar-refractivity contribution in [3.8, 4) is 0 Å². The zero-order valence-corrected chi connectivity index (χ0v) is 13.1. The highest BCUT2D eigenvalue weighted by molar-refractivity contribution is 6.05. The van der Waals surface area contributed by atoms with Crippen molar-refractivity contribution in [2.24, 2.45) is 5.41 Å². The minimum atomic E-state index is -0.285. The molecular weight excluding hydrogens is 252 g/mol. The third kappa shape index (κ3) is 2.76. The van der Waals surface area contributed by atoms with E-state index in [2.05, 4.69) is 12.2 Å². The summed E-state index contributed by atoms with van der Waals surface area (Å²) >= 11 is 0. The standard InChI is InChI=1S/C16H28N2O2/c1-4-12(5-2)18-14(19)10-13(15(18)20)17-11-16(6-3)8-7-9-16/h12-13,17H,4-11H2,1-3H3. The van der Waals surface area contributed by atoms with Gasteiger partial charge in [-0.3, -0.25) is 14.5 Å². The molecule has 0 radical (unpaired) electrons. The SMILES string of the molecule is CCC(CC)N1C(=O)CC(NCC2(CC)CCC2)C1=O. The van der Waals surface area contributed by atoms with Crippen molar-refractivity contribution in [2.75, 3.05) is 6.54 Å². The summed E-state index contributed by atoms with van der Waals surface area (Å²) in [5.74, 6) is -0.00497. The van der Waals surface area contributed by atoms with E-state index in [1.807, 2.05) is 13.8 Å². The predicted molar refractivity (Wildman–Crippen MR) is 79.2 cm³/mol. The van der Waals surface area contributed by atoms with Crippen LogP contribution in [0.25, 0.3) is 0 Å². The molecule has 2 rings (SSSR count). The van der Waals surface area contributed by atoms with Gasteiger partial charge in [-0.2, -0.15) is 0 Å². The van der Waals surface area contributed by atoms with Crippen LogP contribution in [0, 0.1) is 5.41 Å². The van der Waals surface area contributed by atoms with Crippen LogP contribution in [-0.2, 0) is 9.59 Å². The van der Waals surface area contributed by atoms with Crippen LogP contribution in [0.5, 0.6) is 0 Å². The molecule has 1 N–H and O–H groups in total. The van der Waals surface area contributed by atoms with Crippen LogP contribution in [0.1, 0.15) is 65.7 Å². The minimum Gasteiger partial charge on any atom is -0.305 e. The van der Waals surface area contributed by atoms with Crippen molar-refractivity contribution in [3.05, 3.63) is 0 Å². The Hall–Kier alpha value is -0.900. The lowest BCUT2D eigenvalue weighted by molar-refractivity contribution is -0.141. The predicted octanol–water partition coefficient (Wildman–Crippen LogP) is 2.47. The molecule has 1 atom stereocenters. The van der Waals surface area contributed by atoms with Gasteiger partial charge in [-0.05, 0) is 37.5 Å². The molecule has 1 saturated heterocycles. The Morgan fingerprint density at radius 2 is 1.90 bits per heavy atom. The number of nitrogens with one attached hydrogen (secondary N) is 1. The normalized spacial score (nSPS) is 25.4. The first-order valence-electron chi connectivity index (χ1n) is 8.16. The van der Waals surface area contributed by atoms with Gasteiger partial charge in [0, 0.05) is 12.6 Å². The Morgan fingerprint density at radius 3 is 2.35 bits per heavy atom. The topological polar surface area (TPSA) is 49.4 Å². The van der Waals surface area contributed by atoms with E-state index >= 15 is 0 Å². The molecule has 0 aromatic carbocycles. The Bertz CT molecular complexity index is 367. The van der Waals surface area contributed by atoms with Crippen LogP contribution in [0.2, 0.25) is 0 Å². The van der Waals surface area contributed by atoms with Crippen molar-refractivity contribution >= 4 is 11.8 Å². The smallest absolute Gasteiger partial charge is 0.247 e. The third-order valence-electron chi connectivity index (χ3n) is 5.38. The van der Waals surface area contributed by atoms with Crippen LogP contribution in [0.4, 0.5) is 0 Å². The van der Waals surface area contributed by atoms with Crippen LogP contribution in [0.15, 0.2) is 0 Å². The highest BCUT2D eigenvalue weighted by Crippen LogP contribution is 2.43. The molecule has 1 aliphatic carbocycles. The molecule has 0 aromatic rings. The number of likely N-dealkylation sites (tertiary alicyclic amines) is 1. The van der Waals surface area contributed by atoms with Crippen molar-refractivity contribution in [1.29, 1.82) is 0 Å². The van der Waals surface area contributed by atoms with Crippen molar-refractivity contribution in [3.63, 3.8) is 0 Å². The lowest BCUT2D eigenvalue weighted by Crippen LogP contribution is -2.47. The molecule has 2 aliphatic rings. The molecule has 4 nitrogen and oxygen atoms in total. The molecule has 114 valence electrons. The van der Waals surface area contributed by atoms with Gasteiger partial charge < -0.3 is 5.32 Å². The van der Waals surface area contributed by atoms with Gasteiger partial charge >= 0.3 is 0 Å². The van der Waals surface area contributed by atoms with E-state index in [9.17, 15) is 9.59 Å². The van der Waals surface area contributed by atoms with Gasteiger partial charge in [0.25, 0.3) is 0 Å². The maximum atomic E-state index is 12.4. The van der Waals surface area contributed by atoms with E-state index in [0.29, 0.717) is 11.8 Å². The first kappa shape index (κ1) is 15.5. The Labute approximate surface area is 122 Å². The molecule has 20 heavy (non-hydrogen) atoms. The Kier molecular flexibility index (Phi) is 4.84. The van der Waals surface area contributed by atoms with Crippen molar-refractivity contribution in [2.45, 2.75) is 77.8 Å². The maximum Gasteiger partial charge on any atom is 0.247 e. The zero-order valence-electron chi connectivity index (χ0n) is 13.1. The van der Waals surface area contributed by atoms with Gasteiger partial charge in [0.1, 0.15) is 0 Å². The van der Waals surface area contributed by atoms with Gasteiger partial charge in [-0.15, -0.1) is 0 Å². The lowest BCUT2D eigenvalue weighted by Gasteiger charge is -2.42. The Morgan fingerprint density at radius 1 is 1.25 bits per heavy atom. The summed E-state index contributed by atoms with van der Waals surface area (Å²) in [5.41, 5.74) is 0.381. The number of carbonyl (C=O) groups excluding carboxylic acids is 2. The van der Waals surface area contributed by atoms with E-state index in [-0.39, 0.29) is 23.9 Å². The fourth-order valence-corrected chi connectivity index (χ4v) is 3.52. The fourth-order valence-electron chi connectivity index (χ4n) is 3.52. The second-order valence-corrected chi connectivity index (χ2v) is 6.42. The molecule has 2 amide bonds. The monoisotopic (exact) mass is 280 g/mol. The van der Waals surface area contributed by atoms with Crippen molar-refractivity contribution < 1.29 is 9.59 Å². The number of imide groups is 1. The quantitative estimate of drug-likeness (QED) is 0.729. The van der Waals surface area contributed by atoms with Gasteiger partial charge in [-0.25, -0.2) is 0 Å². The van der Waals surface area contributed by atoms with Crippen molar-refractivity contribution in [1.82, 2.24) is 10.2 Å². The molecule has 1 unspecified atom stereocenters. The molecule has 1 heterocycles. The molecule has 0 spiro atoms. The summed E-state index contributed by atoms with van der Waals surface area (Å²) in [6.07, 6.45) is 7.00. The van der Waals surface area contributed by atoms with E-state index in [1.54, 1.807) is 0 Å². The number of amides is 2. The first-order valence-corrected chi connectivity index (χ1v) is 8.16. The zero-order chi connectivity index (χ0) is 14.8. The van der Waals surface area contributed by atoms with Gasteiger partial charge in [-0.1, -0.05) is 27.2 Å². The highest BCUT2D eigenvalue weighted by Gasteiger charge is 2.43. The highest BCUT2D eigenvalue weighted by atomic mass is 16.2. The van der Waals surface area contributed by atoms with E-state index in [0.717, 1.165) is 25.8 Å². The molecule has 1 saturated carbocycles. The molecule has 0 aromatic heterocycles. The fraction of sp³-hybridized carbons (Fsp3) is 0.875. The molecule has 4 heteroatoms. The number of hydrogen-bond donors (Lipinski definition) is 1. The molecule has 2 fully saturated rings. The largest absolute Gasteiger partial charge is 0.305 e. The second kappa shape index (κ2) is 6.25. The Balaban J connectivity index is 1.94. The van der Waals surface area contributed by atoms with E-state index in [4.69, 9.17) is 0 Å². The second-order valence-electron chi connectivity index (χ2n) is 6.42. The van der Waals surface area contributed by atoms with Crippen LogP contribution < -0.4 is 5.32 Å². The van der Waals surface area contributed by atoms with Gasteiger partial charge in [0.15, 0.2) is 0 Å². The van der Waals surface area contributed by atoms with Crippen LogP contribution in [-0.4, -0.2) is 35.3 Å². The number of rotatable bonds is 7. The van der Waals surface area contributed by atoms with E-state index in [1.165, 1.54) is 24.2 Å². The molecule has 1 aliphatic heterocycles. The minimum absolute atomic E-state index is 0.000331. The van der Waals surface area contributed by atoms with E-state index < -0.39 is 0 Å². The average molecular weight is 280 g/mol. The number of carbonyl (C=O) groups is 2. The summed E-state index contributed by atoms with van der Waals surface area (Å²) in [5, 5.41) is 3.38. The summed E-state index contributed by atoms with van der Waals surface area (Å²) in [6.45, 7) is 7.18. The number of nitrogens with zero attached hydrogens (tertiary/aromatic N) is 1. The lowest BCUT2D eigenvalue weighted by atomic mass is 9.67. The summed E-state index contributed by atoms with van der Waals surface area (Å²) in [4.78, 5) is 26.0. The average Bonchev–Trinajstić information content (AvgIpc) is 2.67. The molecular formula is C16H28N2O2. The summed E-state index contributed by atoms with van der Waals surface area (Å²) < 4.78 is 0. The number of hydrogen-bond acceptors (Lipinski definition) is 3. The van der Waals surface area contributed by atoms with Crippen LogP contribution in [0.3, 0.4) is 0 Å². The van der Waals surface area contributed by atoms with Gasteiger partial charge in [0.05, 0.1) is 12.5 Å². The summed E-state index contributed by atoms with van der Waals surface area (Å²) in [7, 11) is 0. The maximum absolute atomic E-state index is 12.4. The third-order valence-corrected chi connectivity index (χ3v) is 5.38. The summed E-state index contributed by atoms with van der Waals surface area (Å²) in [6, 6.07) is -0.210. The van der Waals surface area contributed by atoms with Crippen LogP contribution >= 0.6 is 0 Å². The van der Waals surface area contributed by atoms with Gasteiger partial charge in [0.2, 0.25) is 11.8 Å². The molecule has 0 bridgehead atoms.